The van der Waals surface area contributed by atoms with Gasteiger partial charge in [0.15, 0.2) is 5.79 Å². The van der Waals surface area contributed by atoms with Crippen LogP contribution in [0, 0.1) is 6.92 Å². The van der Waals surface area contributed by atoms with Crippen LogP contribution in [0.4, 0.5) is 0 Å². The Morgan fingerprint density at radius 1 is 1.65 bits per heavy atom. The first-order valence-electron chi connectivity index (χ1n) is 6.61. The van der Waals surface area contributed by atoms with Crippen molar-refractivity contribution in [3.05, 3.63) is 22.2 Å². The van der Waals surface area contributed by atoms with Gasteiger partial charge in [-0.1, -0.05) is 0 Å². The molecule has 0 amide bonds. The first-order valence-corrected chi connectivity index (χ1v) is 6.61. The minimum Gasteiger partial charge on any atom is -0.478 e. The third kappa shape index (κ3) is 2.70. The summed E-state index contributed by atoms with van der Waals surface area (Å²) in [6.45, 7) is 3.85. The second-order valence-electron chi connectivity index (χ2n) is 4.74. The van der Waals surface area contributed by atoms with E-state index < -0.39 is 17.7 Å². The fourth-order valence-electron chi connectivity index (χ4n) is 2.28. The van der Waals surface area contributed by atoms with Gasteiger partial charge in [-0.3, -0.25) is 4.57 Å². The molecule has 0 bridgehead atoms. The monoisotopic (exact) mass is 284 g/mol. The van der Waals surface area contributed by atoms with E-state index in [2.05, 4.69) is 4.98 Å². The van der Waals surface area contributed by atoms with Gasteiger partial charge in [-0.2, -0.15) is 4.98 Å². The molecule has 2 atom stereocenters. The summed E-state index contributed by atoms with van der Waals surface area (Å²) in [5.41, 5.74) is 0.322. The van der Waals surface area contributed by atoms with Crippen molar-refractivity contribution >= 4 is 0 Å². The van der Waals surface area contributed by atoms with Gasteiger partial charge in [0, 0.05) is 25.3 Å². The predicted octanol–water partition coefficient (Wildman–Crippen LogP) is 0.594. The molecule has 7 heteroatoms. The zero-order chi connectivity index (χ0) is 14.8. The average molecular weight is 284 g/mol. The van der Waals surface area contributed by atoms with Gasteiger partial charge in [0.05, 0.1) is 13.2 Å². The zero-order valence-electron chi connectivity index (χ0n) is 12.0. The molecule has 1 aliphatic heterocycles. The Bertz CT molecular complexity index is 524. The molecule has 1 aromatic heterocycles. The van der Waals surface area contributed by atoms with Crippen molar-refractivity contribution in [2.75, 3.05) is 20.3 Å². The molecule has 2 rings (SSSR count). The van der Waals surface area contributed by atoms with Crippen molar-refractivity contribution in [3.8, 4) is 5.88 Å². The Balaban J connectivity index is 2.27. The minimum absolute atomic E-state index is 0.252. The number of aliphatic hydroxyl groups excluding tert-OH is 1. The molecule has 1 N–H and O–H groups in total. The van der Waals surface area contributed by atoms with Crippen molar-refractivity contribution in [3.63, 3.8) is 0 Å². The molecule has 0 saturated carbocycles. The molecule has 1 aromatic rings. The highest BCUT2D eigenvalue weighted by Crippen LogP contribution is 2.36. The highest BCUT2D eigenvalue weighted by Gasteiger charge is 2.41. The lowest BCUT2D eigenvalue weighted by molar-refractivity contribution is -0.242. The van der Waals surface area contributed by atoms with E-state index >= 15 is 0 Å². The van der Waals surface area contributed by atoms with Crippen LogP contribution in [0.1, 0.15) is 31.6 Å². The Hall–Kier alpha value is -1.44. The van der Waals surface area contributed by atoms with Crippen molar-refractivity contribution < 1.29 is 19.3 Å². The van der Waals surface area contributed by atoms with E-state index in [0.717, 1.165) is 5.56 Å². The maximum absolute atomic E-state index is 12.0. The third-order valence-corrected chi connectivity index (χ3v) is 3.42. The third-order valence-electron chi connectivity index (χ3n) is 3.42. The summed E-state index contributed by atoms with van der Waals surface area (Å²) in [5.74, 6) is -0.691. The predicted molar refractivity (Wildman–Crippen MR) is 70.6 cm³/mol. The smallest absolute Gasteiger partial charge is 0.352 e. The van der Waals surface area contributed by atoms with Gasteiger partial charge in [0.1, 0.15) is 6.23 Å². The second kappa shape index (κ2) is 5.90. The Morgan fingerprint density at radius 3 is 2.95 bits per heavy atom. The molecule has 0 aliphatic carbocycles. The van der Waals surface area contributed by atoms with Gasteiger partial charge >= 0.3 is 5.69 Å². The molecular weight excluding hydrogens is 264 g/mol. The molecule has 0 unspecified atom stereocenters. The van der Waals surface area contributed by atoms with Crippen LogP contribution in [0.2, 0.25) is 0 Å². The summed E-state index contributed by atoms with van der Waals surface area (Å²) >= 11 is 0. The first kappa shape index (κ1) is 15.0. The van der Waals surface area contributed by atoms with E-state index in [9.17, 15) is 9.90 Å². The van der Waals surface area contributed by atoms with Crippen LogP contribution < -0.4 is 10.4 Å². The van der Waals surface area contributed by atoms with Gasteiger partial charge in [-0.15, -0.1) is 0 Å². The minimum atomic E-state index is -1.03. The van der Waals surface area contributed by atoms with E-state index in [0.29, 0.717) is 25.3 Å². The summed E-state index contributed by atoms with van der Waals surface area (Å²) in [6, 6.07) is 0. The van der Waals surface area contributed by atoms with E-state index in [1.165, 1.54) is 11.7 Å². The molecule has 0 spiro atoms. The molecule has 0 radical (unpaired) electrons. The van der Waals surface area contributed by atoms with Crippen molar-refractivity contribution in [2.24, 2.45) is 0 Å². The molecule has 112 valence electrons. The lowest BCUT2D eigenvalue weighted by Crippen LogP contribution is -2.36. The lowest BCUT2D eigenvalue weighted by atomic mass is 10.2. The molecular formula is C13H20N2O5. The number of hydrogen-bond donors (Lipinski definition) is 1. The van der Waals surface area contributed by atoms with Crippen LogP contribution in [0.3, 0.4) is 0 Å². The number of aromatic nitrogens is 2. The molecule has 20 heavy (non-hydrogen) atoms. The summed E-state index contributed by atoms with van der Waals surface area (Å²) in [4.78, 5) is 15.9. The molecule has 7 nitrogen and oxygen atoms in total. The average Bonchev–Trinajstić information content (AvgIpc) is 2.88. The zero-order valence-corrected chi connectivity index (χ0v) is 12.0. The fourth-order valence-corrected chi connectivity index (χ4v) is 2.28. The Morgan fingerprint density at radius 2 is 2.40 bits per heavy atom. The maximum atomic E-state index is 12.0. The van der Waals surface area contributed by atoms with Crippen LogP contribution in [0.25, 0.3) is 0 Å². The van der Waals surface area contributed by atoms with Gasteiger partial charge in [-0.05, 0) is 20.3 Å². The molecule has 2 heterocycles. The van der Waals surface area contributed by atoms with Crippen molar-refractivity contribution in [1.82, 2.24) is 9.55 Å². The van der Waals surface area contributed by atoms with Gasteiger partial charge < -0.3 is 19.3 Å². The SMILES string of the molecule is CCOc1nc(=O)n([C@@H]2CC[C@@](CO)(OC)O2)cc1C. The Labute approximate surface area is 117 Å². The van der Waals surface area contributed by atoms with Gasteiger partial charge in [-0.25, -0.2) is 4.79 Å². The Kier molecular flexibility index (Phi) is 4.42. The molecule has 1 fully saturated rings. The van der Waals surface area contributed by atoms with E-state index in [-0.39, 0.29) is 6.61 Å². The second-order valence-corrected chi connectivity index (χ2v) is 4.74. The van der Waals surface area contributed by atoms with Gasteiger partial charge in [0.25, 0.3) is 0 Å². The van der Waals surface area contributed by atoms with Crippen molar-refractivity contribution in [2.45, 2.75) is 38.7 Å². The normalized spacial score (nSPS) is 25.9. The first-order chi connectivity index (χ1) is 9.55. The van der Waals surface area contributed by atoms with Crippen LogP contribution >= 0.6 is 0 Å². The largest absolute Gasteiger partial charge is 0.478 e. The summed E-state index contributed by atoms with van der Waals surface area (Å²) in [7, 11) is 1.48. The van der Waals surface area contributed by atoms with Gasteiger partial charge in [0.2, 0.25) is 5.88 Å². The van der Waals surface area contributed by atoms with Crippen LogP contribution in [-0.4, -0.2) is 40.8 Å². The highest BCUT2D eigenvalue weighted by molar-refractivity contribution is 5.20. The van der Waals surface area contributed by atoms with Crippen LogP contribution in [-0.2, 0) is 9.47 Å². The van der Waals surface area contributed by atoms with Crippen LogP contribution in [0.5, 0.6) is 5.88 Å². The molecule has 1 saturated heterocycles. The number of aliphatic hydroxyl groups is 1. The quantitative estimate of drug-likeness (QED) is 0.852. The molecule has 0 aromatic carbocycles. The summed E-state index contributed by atoms with van der Waals surface area (Å²) in [6.07, 6.45) is 2.26. The number of nitrogens with zero attached hydrogens (tertiary/aromatic N) is 2. The molecule has 1 aliphatic rings. The number of methoxy groups -OCH3 is 1. The fraction of sp³-hybridized carbons (Fsp3) is 0.692. The maximum Gasteiger partial charge on any atom is 0.352 e. The van der Waals surface area contributed by atoms with Crippen molar-refractivity contribution in [1.29, 1.82) is 0 Å². The number of ether oxygens (including phenoxy) is 3. The topological polar surface area (TPSA) is 82.8 Å². The summed E-state index contributed by atoms with van der Waals surface area (Å²) < 4.78 is 17.6. The van der Waals surface area contributed by atoms with E-state index in [4.69, 9.17) is 14.2 Å². The number of rotatable bonds is 5. The van der Waals surface area contributed by atoms with Crippen LogP contribution in [0.15, 0.2) is 11.0 Å². The highest BCUT2D eigenvalue weighted by atomic mass is 16.7. The standard InChI is InChI=1S/C13H20N2O5/c1-4-19-11-9(2)7-15(12(17)14-11)10-5-6-13(8-16,18-3)20-10/h7,10,16H,4-6,8H2,1-3H3/t10-,13+/m0/s1. The van der Waals surface area contributed by atoms with E-state index in [1.54, 1.807) is 6.20 Å². The lowest BCUT2D eigenvalue weighted by Gasteiger charge is -2.25. The van der Waals surface area contributed by atoms with E-state index in [1.807, 2.05) is 13.8 Å². The number of aryl methyl sites for hydroxylation is 1. The number of hydrogen-bond acceptors (Lipinski definition) is 6. The summed E-state index contributed by atoms with van der Waals surface area (Å²) in [5, 5.41) is 9.35.